The van der Waals surface area contributed by atoms with E-state index < -0.39 is 0 Å². The van der Waals surface area contributed by atoms with Gasteiger partial charge in [-0.25, -0.2) is 4.98 Å². The molecule has 0 atom stereocenters. The van der Waals surface area contributed by atoms with E-state index in [1.165, 1.54) is 5.56 Å². The minimum absolute atomic E-state index is 0.457. The highest BCUT2D eigenvalue weighted by molar-refractivity contribution is 5.17. The lowest BCUT2D eigenvalue weighted by molar-refractivity contribution is 0.303. The molecule has 20 heavy (non-hydrogen) atoms. The zero-order valence-corrected chi connectivity index (χ0v) is 12.8. The summed E-state index contributed by atoms with van der Waals surface area (Å²) in [6.45, 7) is 6.73. The van der Waals surface area contributed by atoms with Gasteiger partial charge in [-0.05, 0) is 13.1 Å². The fraction of sp³-hybridized carbons (Fsp3) is 0.533. The van der Waals surface area contributed by atoms with Crippen LogP contribution >= 0.6 is 0 Å². The van der Waals surface area contributed by atoms with Crippen LogP contribution in [0.2, 0.25) is 0 Å². The van der Waals surface area contributed by atoms with Crippen LogP contribution in [0.4, 0.5) is 0 Å². The Kier molecular flexibility index (Phi) is 4.98. The molecule has 0 aromatic carbocycles. The Hall–Kier alpha value is -1.59. The van der Waals surface area contributed by atoms with Crippen LogP contribution in [0.25, 0.3) is 0 Å². The predicted octanol–water partition coefficient (Wildman–Crippen LogP) is 2.14. The molecule has 5 nitrogen and oxygen atoms in total. The van der Waals surface area contributed by atoms with Gasteiger partial charge in [-0.1, -0.05) is 13.8 Å². The molecule has 0 saturated heterocycles. The fourth-order valence-corrected chi connectivity index (χ4v) is 2.10. The maximum absolute atomic E-state index is 5.56. The lowest BCUT2D eigenvalue weighted by Gasteiger charge is -2.16. The molecule has 2 aromatic rings. The summed E-state index contributed by atoms with van der Waals surface area (Å²) in [6, 6.07) is 2.50. The lowest BCUT2D eigenvalue weighted by atomic mass is 10.2. The van der Waals surface area contributed by atoms with Gasteiger partial charge in [-0.2, -0.15) is 0 Å². The average molecular weight is 276 g/mol. The summed E-state index contributed by atoms with van der Waals surface area (Å²) in [5.41, 5.74) is 1.23. The van der Waals surface area contributed by atoms with E-state index >= 15 is 0 Å². The maximum Gasteiger partial charge on any atom is 0.122 e. The average Bonchev–Trinajstić information content (AvgIpc) is 2.97. The van der Waals surface area contributed by atoms with Crippen LogP contribution in [0.5, 0.6) is 0 Å². The third-order valence-electron chi connectivity index (χ3n) is 3.28. The molecule has 2 rings (SSSR count). The Morgan fingerprint density at radius 1 is 1.40 bits per heavy atom. The lowest BCUT2D eigenvalue weighted by Crippen LogP contribution is -2.23. The third kappa shape index (κ3) is 3.95. The normalized spacial score (nSPS) is 11.7. The molecule has 0 fully saturated rings. The van der Waals surface area contributed by atoms with E-state index in [0.717, 1.165) is 31.2 Å². The quantitative estimate of drug-likeness (QED) is 0.841. The van der Waals surface area contributed by atoms with Crippen molar-refractivity contribution in [2.24, 2.45) is 7.05 Å². The number of nitrogens with zero attached hydrogens (tertiary/aromatic N) is 3. The van der Waals surface area contributed by atoms with Crippen molar-refractivity contribution in [3.63, 3.8) is 0 Å². The summed E-state index contributed by atoms with van der Waals surface area (Å²) in [5, 5.41) is 3.39. The van der Waals surface area contributed by atoms with Crippen molar-refractivity contribution in [3.8, 4) is 0 Å². The molecule has 0 radical (unpaired) electrons. The molecule has 110 valence electrons. The van der Waals surface area contributed by atoms with Crippen molar-refractivity contribution in [1.29, 1.82) is 0 Å². The molecular weight excluding hydrogens is 252 g/mol. The summed E-state index contributed by atoms with van der Waals surface area (Å²) in [6.07, 6.45) is 5.57. The highest BCUT2D eigenvalue weighted by Crippen LogP contribution is 2.14. The van der Waals surface area contributed by atoms with Crippen molar-refractivity contribution in [1.82, 2.24) is 19.8 Å². The molecule has 0 amide bonds. The van der Waals surface area contributed by atoms with Gasteiger partial charge in [0.15, 0.2) is 0 Å². The molecule has 0 aliphatic rings. The Labute approximate surface area is 120 Å². The van der Waals surface area contributed by atoms with Crippen LogP contribution in [0.15, 0.2) is 29.1 Å². The molecule has 1 N–H and O–H groups in total. The van der Waals surface area contributed by atoms with Gasteiger partial charge in [0.05, 0.1) is 19.4 Å². The van der Waals surface area contributed by atoms with Crippen molar-refractivity contribution >= 4 is 0 Å². The van der Waals surface area contributed by atoms with Crippen LogP contribution in [0.3, 0.4) is 0 Å². The second kappa shape index (κ2) is 6.72. The second-order valence-corrected chi connectivity index (χ2v) is 5.53. The van der Waals surface area contributed by atoms with Crippen molar-refractivity contribution in [2.75, 3.05) is 7.05 Å². The molecule has 0 spiro atoms. The summed E-state index contributed by atoms with van der Waals surface area (Å²) in [5.74, 6) is 2.09. The Morgan fingerprint density at radius 2 is 2.20 bits per heavy atom. The van der Waals surface area contributed by atoms with Gasteiger partial charge in [-0.15, -0.1) is 0 Å². The Bertz CT molecular complexity index is 529. The van der Waals surface area contributed by atoms with E-state index in [0.29, 0.717) is 6.04 Å². The molecule has 0 aliphatic heterocycles. The van der Waals surface area contributed by atoms with Crippen molar-refractivity contribution in [2.45, 2.75) is 39.5 Å². The zero-order valence-electron chi connectivity index (χ0n) is 12.8. The first kappa shape index (κ1) is 14.8. The topological polar surface area (TPSA) is 46.2 Å². The van der Waals surface area contributed by atoms with Gasteiger partial charge >= 0.3 is 0 Å². The first-order valence-corrected chi connectivity index (χ1v) is 6.99. The summed E-state index contributed by atoms with van der Waals surface area (Å²) >= 11 is 0. The third-order valence-corrected chi connectivity index (χ3v) is 3.28. The Balaban J connectivity index is 1.92. The zero-order chi connectivity index (χ0) is 14.5. The van der Waals surface area contributed by atoms with E-state index in [9.17, 15) is 0 Å². The van der Waals surface area contributed by atoms with Crippen LogP contribution < -0.4 is 5.32 Å². The largest absolute Gasteiger partial charge is 0.468 e. The summed E-state index contributed by atoms with van der Waals surface area (Å²) in [4.78, 5) is 6.59. The minimum atomic E-state index is 0.457. The van der Waals surface area contributed by atoms with E-state index in [-0.39, 0.29) is 0 Å². The van der Waals surface area contributed by atoms with E-state index in [1.54, 1.807) is 6.26 Å². The van der Waals surface area contributed by atoms with Crippen LogP contribution in [0, 0.1) is 0 Å². The van der Waals surface area contributed by atoms with E-state index in [2.05, 4.69) is 36.1 Å². The number of imidazole rings is 1. The van der Waals surface area contributed by atoms with Gasteiger partial charge < -0.3 is 14.3 Å². The first-order chi connectivity index (χ1) is 9.56. The van der Waals surface area contributed by atoms with Gasteiger partial charge in [0.25, 0.3) is 0 Å². The van der Waals surface area contributed by atoms with Gasteiger partial charge in [0.2, 0.25) is 0 Å². The van der Waals surface area contributed by atoms with Crippen LogP contribution in [-0.2, 0) is 26.7 Å². The highest BCUT2D eigenvalue weighted by Gasteiger charge is 2.11. The minimum Gasteiger partial charge on any atom is -0.468 e. The number of aromatic nitrogens is 2. The summed E-state index contributed by atoms with van der Waals surface area (Å²) in [7, 11) is 4.12. The smallest absolute Gasteiger partial charge is 0.122 e. The number of hydrogen-bond donors (Lipinski definition) is 1. The van der Waals surface area contributed by atoms with E-state index in [4.69, 9.17) is 4.42 Å². The molecule has 2 heterocycles. The number of furan rings is 1. The number of hydrogen-bond acceptors (Lipinski definition) is 4. The Morgan fingerprint density at radius 3 is 2.85 bits per heavy atom. The van der Waals surface area contributed by atoms with Crippen LogP contribution in [-0.4, -0.2) is 27.5 Å². The van der Waals surface area contributed by atoms with Crippen molar-refractivity contribution < 1.29 is 4.42 Å². The summed E-state index contributed by atoms with van der Waals surface area (Å²) < 4.78 is 7.61. The second-order valence-electron chi connectivity index (χ2n) is 5.53. The predicted molar refractivity (Wildman–Crippen MR) is 79.1 cm³/mol. The fourth-order valence-electron chi connectivity index (χ4n) is 2.10. The number of aryl methyl sites for hydroxylation is 1. The standard InChI is InChI=1S/C15H24N4O/c1-12(2)17-9-14-13(5-8-20-14)10-18(3)11-15-16-6-7-19(15)4/h5-8,12,17H,9-11H2,1-4H3. The SMILES string of the molecule is CC(C)NCc1occc1CN(C)Cc1nccn1C. The molecule has 0 saturated carbocycles. The van der Waals surface area contributed by atoms with Gasteiger partial charge in [-0.3, -0.25) is 4.90 Å². The van der Waals surface area contributed by atoms with Crippen molar-refractivity contribution in [3.05, 3.63) is 41.9 Å². The highest BCUT2D eigenvalue weighted by atomic mass is 16.3. The number of nitrogens with one attached hydrogen (secondary N) is 1. The molecule has 0 aliphatic carbocycles. The molecule has 2 aromatic heterocycles. The van der Waals surface area contributed by atoms with Crippen LogP contribution in [0.1, 0.15) is 31.0 Å². The molecule has 0 unspecified atom stereocenters. The van der Waals surface area contributed by atoms with Gasteiger partial charge in [0.1, 0.15) is 11.6 Å². The monoisotopic (exact) mass is 276 g/mol. The number of rotatable bonds is 7. The van der Waals surface area contributed by atoms with Gasteiger partial charge in [0, 0.05) is 37.6 Å². The first-order valence-electron chi connectivity index (χ1n) is 6.99. The van der Waals surface area contributed by atoms with E-state index in [1.807, 2.05) is 30.1 Å². The maximum atomic E-state index is 5.56. The molecule has 5 heteroatoms. The molecule has 0 bridgehead atoms. The molecular formula is C15H24N4O.